The van der Waals surface area contributed by atoms with Crippen LogP contribution in [0.2, 0.25) is 0 Å². The lowest BCUT2D eigenvalue weighted by Crippen LogP contribution is -2.29. The largest absolute Gasteiger partial charge is 0.493 e. The molecule has 0 radical (unpaired) electrons. The summed E-state index contributed by atoms with van der Waals surface area (Å²) in [5, 5.41) is 0. The number of methoxy groups -OCH3 is 2. The Morgan fingerprint density at radius 2 is 2.06 bits per heavy atom. The lowest BCUT2D eigenvalue weighted by Gasteiger charge is -2.20. The number of hydrogen-bond acceptors (Lipinski definition) is 7. The standard InChI is InChI=1S/C26H30O7/c1-16-19-10-7-18(6-5-13-26(2)24(33-26)23(19)32-25(16)28)15-31-22(27)12-9-17-8-11-20(29-3)21(14-17)30-4/h6,8-9,11-12,14,19,23-24H,1,5,7,10,13,15H2,2-4H3/b12-9+,18-6+/t19-,23-,24-,26+/m0/s1. The number of hydrogen-bond donors (Lipinski definition) is 0. The Balaban J connectivity index is 1.37. The average Bonchev–Trinajstić information content (AvgIpc) is 3.40. The van der Waals surface area contributed by atoms with E-state index in [0.29, 0.717) is 29.9 Å². The zero-order valence-electron chi connectivity index (χ0n) is 19.3. The molecule has 176 valence electrons. The van der Waals surface area contributed by atoms with Crippen molar-refractivity contribution in [3.8, 4) is 11.5 Å². The third-order valence-corrected chi connectivity index (χ3v) is 6.66. The van der Waals surface area contributed by atoms with Crippen LogP contribution in [-0.4, -0.2) is 50.6 Å². The minimum atomic E-state index is -0.429. The second-order valence-electron chi connectivity index (χ2n) is 8.85. The summed E-state index contributed by atoms with van der Waals surface area (Å²) in [6.45, 7) is 6.19. The molecule has 0 unspecified atom stereocenters. The first-order valence-electron chi connectivity index (χ1n) is 11.2. The van der Waals surface area contributed by atoms with Crippen molar-refractivity contribution >= 4 is 18.0 Å². The van der Waals surface area contributed by atoms with Crippen LogP contribution in [0.15, 0.2) is 48.1 Å². The van der Waals surface area contributed by atoms with Crippen LogP contribution in [0.25, 0.3) is 6.08 Å². The minimum Gasteiger partial charge on any atom is -0.493 e. The Kier molecular flexibility index (Phi) is 6.61. The molecule has 4 atom stereocenters. The molecular formula is C26H30O7. The SMILES string of the molecule is C=C1C(=O)O[C@H]2[C@H]1CC/C(COC(=O)/C=C/c1ccc(OC)c(OC)c1)=C\CC[C@@]1(C)O[C@@H]21. The van der Waals surface area contributed by atoms with Gasteiger partial charge in [0.05, 0.1) is 19.8 Å². The van der Waals surface area contributed by atoms with Crippen molar-refractivity contribution in [3.63, 3.8) is 0 Å². The Bertz CT molecular complexity index is 1010. The molecule has 0 spiro atoms. The number of esters is 2. The molecule has 1 aliphatic carbocycles. The minimum absolute atomic E-state index is 0.0693. The van der Waals surface area contributed by atoms with Gasteiger partial charge in [-0.1, -0.05) is 18.7 Å². The molecule has 2 fully saturated rings. The van der Waals surface area contributed by atoms with Crippen LogP contribution in [-0.2, 0) is 23.8 Å². The van der Waals surface area contributed by atoms with Gasteiger partial charge in [0.15, 0.2) is 11.5 Å². The Morgan fingerprint density at radius 1 is 1.27 bits per heavy atom. The summed E-state index contributed by atoms with van der Waals surface area (Å²) in [4.78, 5) is 24.4. The van der Waals surface area contributed by atoms with Gasteiger partial charge in [-0.3, -0.25) is 0 Å². The van der Waals surface area contributed by atoms with E-state index in [1.165, 1.54) is 6.08 Å². The molecule has 2 aliphatic heterocycles. The van der Waals surface area contributed by atoms with Crippen LogP contribution in [0, 0.1) is 5.92 Å². The highest BCUT2D eigenvalue weighted by molar-refractivity contribution is 5.91. The molecule has 0 amide bonds. The van der Waals surface area contributed by atoms with E-state index in [0.717, 1.165) is 24.0 Å². The molecule has 7 nitrogen and oxygen atoms in total. The van der Waals surface area contributed by atoms with Crippen molar-refractivity contribution in [1.82, 2.24) is 0 Å². The van der Waals surface area contributed by atoms with Gasteiger partial charge in [0, 0.05) is 17.6 Å². The van der Waals surface area contributed by atoms with Crippen LogP contribution in [0.4, 0.5) is 0 Å². The Labute approximate surface area is 194 Å². The van der Waals surface area contributed by atoms with E-state index in [4.69, 9.17) is 23.7 Å². The highest BCUT2D eigenvalue weighted by atomic mass is 16.6. The van der Waals surface area contributed by atoms with E-state index >= 15 is 0 Å². The number of carbonyl (C=O) groups excluding carboxylic acids is 2. The molecule has 2 saturated heterocycles. The first kappa shape index (κ1) is 23.1. The molecule has 7 heteroatoms. The van der Waals surface area contributed by atoms with Crippen LogP contribution in [0.1, 0.15) is 38.2 Å². The maximum absolute atomic E-state index is 12.3. The monoisotopic (exact) mass is 454 g/mol. The van der Waals surface area contributed by atoms with E-state index in [-0.39, 0.29) is 36.3 Å². The predicted molar refractivity (Wildman–Crippen MR) is 122 cm³/mol. The second-order valence-corrected chi connectivity index (χ2v) is 8.85. The maximum Gasteiger partial charge on any atom is 0.334 e. The van der Waals surface area contributed by atoms with Crippen molar-refractivity contribution < 1.29 is 33.3 Å². The van der Waals surface area contributed by atoms with Crippen molar-refractivity contribution in [2.45, 2.75) is 50.4 Å². The molecule has 33 heavy (non-hydrogen) atoms. The quantitative estimate of drug-likeness (QED) is 0.278. The fraction of sp³-hybridized carbons (Fsp3) is 0.462. The molecule has 3 aliphatic rings. The van der Waals surface area contributed by atoms with Crippen molar-refractivity contribution in [2.24, 2.45) is 5.92 Å². The lowest BCUT2D eigenvalue weighted by molar-refractivity contribution is -0.140. The molecule has 1 aromatic carbocycles. The molecule has 1 aromatic rings. The zero-order valence-corrected chi connectivity index (χ0v) is 19.3. The van der Waals surface area contributed by atoms with E-state index in [9.17, 15) is 9.59 Å². The smallest absolute Gasteiger partial charge is 0.334 e. The number of epoxide rings is 1. The van der Waals surface area contributed by atoms with Crippen molar-refractivity contribution in [1.29, 1.82) is 0 Å². The topological polar surface area (TPSA) is 83.6 Å². The molecular weight excluding hydrogens is 424 g/mol. The van der Waals surface area contributed by atoms with Crippen LogP contribution in [0.3, 0.4) is 0 Å². The summed E-state index contributed by atoms with van der Waals surface area (Å²) in [7, 11) is 3.13. The van der Waals surface area contributed by atoms with E-state index in [1.807, 2.05) is 6.07 Å². The normalized spacial score (nSPS) is 30.5. The second kappa shape index (κ2) is 9.43. The number of ether oxygens (including phenoxy) is 5. The van der Waals surface area contributed by atoms with Crippen LogP contribution >= 0.6 is 0 Å². The summed E-state index contributed by atoms with van der Waals surface area (Å²) in [6, 6.07) is 5.40. The molecule has 0 N–H and O–H groups in total. The number of fused-ring (bicyclic) bond motifs is 3. The van der Waals surface area contributed by atoms with Gasteiger partial charge in [0.2, 0.25) is 0 Å². The highest BCUT2D eigenvalue weighted by Crippen LogP contribution is 2.49. The van der Waals surface area contributed by atoms with E-state index < -0.39 is 5.97 Å². The number of rotatable bonds is 6. The number of allylic oxidation sites excluding steroid dienone is 1. The van der Waals surface area contributed by atoms with E-state index in [1.54, 1.807) is 32.4 Å². The van der Waals surface area contributed by atoms with Gasteiger partial charge < -0.3 is 23.7 Å². The summed E-state index contributed by atoms with van der Waals surface area (Å²) >= 11 is 0. The highest BCUT2D eigenvalue weighted by Gasteiger charge is 2.61. The number of carbonyl (C=O) groups is 2. The molecule has 4 rings (SSSR count). The predicted octanol–water partition coefficient (Wildman–Crippen LogP) is 4.02. The Morgan fingerprint density at radius 3 is 2.82 bits per heavy atom. The van der Waals surface area contributed by atoms with Gasteiger partial charge in [-0.15, -0.1) is 0 Å². The van der Waals surface area contributed by atoms with Gasteiger partial charge >= 0.3 is 11.9 Å². The first-order valence-corrected chi connectivity index (χ1v) is 11.2. The first-order chi connectivity index (χ1) is 15.8. The summed E-state index contributed by atoms with van der Waals surface area (Å²) in [6.07, 6.45) is 7.89. The maximum atomic E-state index is 12.3. The summed E-state index contributed by atoms with van der Waals surface area (Å²) in [5.74, 6) is 0.369. The lowest BCUT2D eigenvalue weighted by atomic mass is 9.84. The summed E-state index contributed by atoms with van der Waals surface area (Å²) in [5.41, 5.74) is 2.04. The van der Waals surface area contributed by atoms with Crippen LogP contribution < -0.4 is 9.47 Å². The third kappa shape index (κ3) is 4.98. The molecule has 0 aromatic heterocycles. The van der Waals surface area contributed by atoms with Crippen molar-refractivity contribution in [2.75, 3.05) is 20.8 Å². The van der Waals surface area contributed by atoms with Gasteiger partial charge in [-0.25, -0.2) is 9.59 Å². The molecule has 0 bridgehead atoms. The molecule has 2 heterocycles. The van der Waals surface area contributed by atoms with Gasteiger partial charge in [0.25, 0.3) is 0 Å². The van der Waals surface area contributed by atoms with Crippen LogP contribution in [0.5, 0.6) is 11.5 Å². The fourth-order valence-corrected chi connectivity index (χ4v) is 4.58. The average molecular weight is 455 g/mol. The van der Waals surface area contributed by atoms with Gasteiger partial charge in [0.1, 0.15) is 18.8 Å². The number of benzene rings is 1. The third-order valence-electron chi connectivity index (χ3n) is 6.66. The molecule has 0 saturated carbocycles. The summed E-state index contributed by atoms with van der Waals surface area (Å²) < 4.78 is 27.5. The Hall–Kier alpha value is -3.06. The fourth-order valence-electron chi connectivity index (χ4n) is 4.58. The van der Waals surface area contributed by atoms with Gasteiger partial charge in [-0.2, -0.15) is 0 Å². The zero-order chi connectivity index (χ0) is 23.6. The van der Waals surface area contributed by atoms with E-state index in [2.05, 4.69) is 19.6 Å². The van der Waals surface area contributed by atoms with Crippen molar-refractivity contribution in [3.05, 3.63) is 53.6 Å². The van der Waals surface area contributed by atoms with Gasteiger partial charge in [-0.05, 0) is 62.0 Å².